The van der Waals surface area contributed by atoms with Crippen molar-refractivity contribution in [2.45, 2.75) is 13.8 Å². The van der Waals surface area contributed by atoms with Gasteiger partial charge in [0.05, 0.1) is 18.3 Å². The summed E-state index contributed by atoms with van der Waals surface area (Å²) in [6, 6.07) is 10.00. The maximum Gasteiger partial charge on any atom is 0.130 e. The summed E-state index contributed by atoms with van der Waals surface area (Å²) in [4.78, 5) is 4.67. The molecule has 0 saturated heterocycles. The number of para-hydroxylation sites is 1. The topological polar surface area (TPSA) is 22.1 Å². The van der Waals surface area contributed by atoms with E-state index in [9.17, 15) is 0 Å². The Morgan fingerprint density at radius 1 is 1.22 bits per heavy atom. The first kappa shape index (κ1) is 12.4. The van der Waals surface area contributed by atoms with Gasteiger partial charge in [-0.2, -0.15) is 0 Å². The molecule has 2 nitrogen and oxygen atoms in total. The summed E-state index contributed by atoms with van der Waals surface area (Å²) < 4.78 is 5.45. The van der Waals surface area contributed by atoms with Crippen LogP contribution < -0.4 is 4.74 Å². The van der Waals surface area contributed by atoms with Crippen LogP contribution in [0.3, 0.4) is 0 Å². The van der Waals surface area contributed by atoms with Gasteiger partial charge >= 0.3 is 0 Å². The fourth-order valence-electron chi connectivity index (χ4n) is 1.97. The molecule has 0 spiro atoms. The lowest BCUT2D eigenvalue weighted by Crippen LogP contribution is -1.93. The lowest BCUT2D eigenvalue weighted by Gasteiger charge is -2.09. The van der Waals surface area contributed by atoms with Gasteiger partial charge in [0.15, 0.2) is 0 Å². The highest BCUT2D eigenvalue weighted by atomic mass is 16.5. The number of benzene rings is 1. The summed E-state index contributed by atoms with van der Waals surface area (Å²) in [7, 11) is 1.69. The Balaban J connectivity index is 2.67. The van der Waals surface area contributed by atoms with Crippen LogP contribution in [0.5, 0.6) is 5.75 Å². The van der Waals surface area contributed by atoms with Crippen LogP contribution >= 0.6 is 0 Å². The monoisotopic (exact) mass is 239 g/mol. The highest BCUT2D eigenvalue weighted by molar-refractivity contribution is 5.88. The molecule has 0 bridgehead atoms. The van der Waals surface area contributed by atoms with Crippen molar-refractivity contribution in [3.05, 3.63) is 54.3 Å². The number of fused-ring (bicyclic) bond motifs is 1. The molecule has 0 N–H and O–H groups in total. The van der Waals surface area contributed by atoms with Gasteiger partial charge in [-0.1, -0.05) is 30.4 Å². The minimum Gasteiger partial charge on any atom is -0.496 e. The fourth-order valence-corrected chi connectivity index (χ4v) is 1.97. The van der Waals surface area contributed by atoms with Gasteiger partial charge in [-0.05, 0) is 31.6 Å². The van der Waals surface area contributed by atoms with Gasteiger partial charge in [-0.3, -0.25) is 0 Å². The first-order chi connectivity index (χ1) is 8.80. The summed E-state index contributed by atoms with van der Waals surface area (Å²) in [6.45, 7) is 4.01. The molecular weight excluding hydrogens is 222 g/mol. The predicted molar refractivity (Wildman–Crippen MR) is 76.8 cm³/mol. The van der Waals surface area contributed by atoms with Gasteiger partial charge in [-0.25, -0.2) is 4.98 Å². The van der Waals surface area contributed by atoms with E-state index in [1.165, 1.54) is 0 Å². The maximum atomic E-state index is 5.45. The number of allylic oxidation sites excluding steroid dienone is 4. The van der Waals surface area contributed by atoms with E-state index in [2.05, 4.69) is 17.1 Å². The van der Waals surface area contributed by atoms with Crippen molar-refractivity contribution in [1.29, 1.82) is 0 Å². The van der Waals surface area contributed by atoms with E-state index in [0.717, 1.165) is 27.9 Å². The minimum atomic E-state index is 0.861. The lowest BCUT2D eigenvalue weighted by atomic mass is 10.1. The molecule has 2 heteroatoms. The highest BCUT2D eigenvalue weighted by Gasteiger charge is 2.07. The zero-order valence-electron chi connectivity index (χ0n) is 11.0. The molecule has 0 amide bonds. The molecule has 2 aromatic rings. The fraction of sp³-hybridized carbons (Fsp3) is 0.188. The van der Waals surface area contributed by atoms with Gasteiger partial charge in [0.1, 0.15) is 5.75 Å². The number of rotatable bonds is 3. The number of nitrogens with zero attached hydrogens (tertiary/aromatic N) is 1. The van der Waals surface area contributed by atoms with Crippen LogP contribution in [-0.4, -0.2) is 12.1 Å². The standard InChI is InChI=1S/C16H17NO/c1-4-8-12(5-2)15-11-16(18-3)13-9-6-7-10-14(13)17-15/h4-11H,1-3H3. The maximum absolute atomic E-state index is 5.45. The molecule has 0 radical (unpaired) electrons. The smallest absolute Gasteiger partial charge is 0.130 e. The van der Waals surface area contributed by atoms with Crippen LogP contribution in [0.25, 0.3) is 16.5 Å². The first-order valence-electron chi connectivity index (χ1n) is 6.03. The molecule has 0 saturated carbocycles. The average molecular weight is 239 g/mol. The summed E-state index contributed by atoms with van der Waals surface area (Å²) in [5.74, 6) is 0.861. The van der Waals surface area contributed by atoms with E-state index in [4.69, 9.17) is 4.74 Å². The molecule has 18 heavy (non-hydrogen) atoms. The van der Waals surface area contributed by atoms with Crippen molar-refractivity contribution in [2.75, 3.05) is 7.11 Å². The Labute approximate surface area is 108 Å². The Morgan fingerprint density at radius 3 is 2.67 bits per heavy atom. The summed E-state index contributed by atoms with van der Waals surface area (Å²) in [6.07, 6.45) is 6.12. The molecule has 2 rings (SSSR count). The third-order valence-electron chi connectivity index (χ3n) is 2.85. The molecule has 0 atom stereocenters. The van der Waals surface area contributed by atoms with E-state index in [-0.39, 0.29) is 0 Å². The lowest BCUT2D eigenvalue weighted by molar-refractivity contribution is 0.419. The second kappa shape index (κ2) is 5.50. The van der Waals surface area contributed by atoms with Crippen LogP contribution in [-0.2, 0) is 0 Å². The molecular formula is C16H17NO. The zero-order valence-corrected chi connectivity index (χ0v) is 11.0. The molecule has 92 valence electrons. The third kappa shape index (κ3) is 2.28. The van der Waals surface area contributed by atoms with Gasteiger partial charge in [0.25, 0.3) is 0 Å². The van der Waals surface area contributed by atoms with Crippen molar-refractivity contribution >= 4 is 16.5 Å². The van der Waals surface area contributed by atoms with E-state index in [1.807, 2.05) is 50.3 Å². The van der Waals surface area contributed by atoms with E-state index in [1.54, 1.807) is 7.11 Å². The molecule has 0 aliphatic carbocycles. The van der Waals surface area contributed by atoms with Crippen molar-refractivity contribution in [3.63, 3.8) is 0 Å². The second-order valence-electron chi connectivity index (χ2n) is 3.97. The van der Waals surface area contributed by atoms with Crippen molar-refractivity contribution < 1.29 is 4.74 Å². The molecule has 0 unspecified atom stereocenters. The SMILES string of the molecule is CC=CC(=CC)c1cc(OC)c2ccccc2n1. The number of hydrogen-bond acceptors (Lipinski definition) is 2. The number of methoxy groups -OCH3 is 1. The van der Waals surface area contributed by atoms with Crippen LogP contribution in [0.15, 0.2) is 48.6 Å². The Morgan fingerprint density at radius 2 is 2.00 bits per heavy atom. The zero-order chi connectivity index (χ0) is 13.0. The van der Waals surface area contributed by atoms with Crippen LogP contribution in [0.4, 0.5) is 0 Å². The number of pyridine rings is 1. The normalized spacial score (nSPS) is 12.3. The quantitative estimate of drug-likeness (QED) is 0.748. The van der Waals surface area contributed by atoms with Crippen LogP contribution in [0, 0.1) is 0 Å². The molecule has 1 heterocycles. The largest absolute Gasteiger partial charge is 0.496 e. The van der Waals surface area contributed by atoms with E-state index in [0.29, 0.717) is 0 Å². The first-order valence-corrected chi connectivity index (χ1v) is 6.03. The molecule has 0 fully saturated rings. The summed E-state index contributed by atoms with van der Waals surface area (Å²) in [5.41, 5.74) is 2.99. The van der Waals surface area contributed by atoms with Gasteiger partial charge in [0.2, 0.25) is 0 Å². The van der Waals surface area contributed by atoms with Gasteiger partial charge < -0.3 is 4.74 Å². The van der Waals surface area contributed by atoms with Crippen molar-refractivity contribution in [3.8, 4) is 5.75 Å². The predicted octanol–water partition coefficient (Wildman–Crippen LogP) is 4.22. The van der Waals surface area contributed by atoms with Crippen molar-refractivity contribution in [1.82, 2.24) is 4.98 Å². The van der Waals surface area contributed by atoms with Crippen LogP contribution in [0.2, 0.25) is 0 Å². The molecule has 0 aliphatic heterocycles. The Kier molecular flexibility index (Phi) is 3.78. The third-order valence-corrected chi connectivity index (χ3v) is 2.85. The second-order valence-corrected chi connectivity index (χ2v) is 3.97. The number of hydrogen-bond donors (Lipinski definition) is 0. The Hall–Kier alpha value is -2.09. The average Bonchev–Trinajstić information content (AvgIpc) is 2.43. The van der Waals surface area contributed by atoms with Gasteiger partial charge in [0, 0.05) is 11.5 Å². The summed E-state index contributed by atoms with van der Waals surface area (Å²) in [5, 5.41) is 1.04. The highest BCUT2D eigenvalue weighted by Crippen LogP contribution is 2.28. The summed E-state index contributed by atoms with van der Waals surface area (Å²) >= 11 is 0. The van der Waals surface area contributed by atoms with E-state index < -0.39 is 0 Å². The number of ether oxygens (including phenoxy) is 1. The van der Waals surface area contributed by atoms with Crippen LogP contribution in [0.1, 0.15) is 19.5 Å². The van der Waals surface area contributed by atoms with Gasteiger partial charge in [-0.15, -0.1) is 0 Å². The molecule has 1 aromatic heterocycles. The molecule has 0 aliphatic rings. The minimum absolute atomic E-state index is 0.861. The van der Waals surface area contributed by atoms with E-state index >= 15 is 0 Å². The Bertz CT molecular complexity index is 612. The molecule has 1 aromatic carbocycles. The number of aromatic nitrogens is 1. The van der Waals surface area contributed by atoms with Crippen molar-refractivity contribution in [2.24, 2.45) is 0 Å².